The molecule has 2 aromatic rings. The van der Waals surface area contributed by atoms with Crippen LogP contribution >= 0.6 is 0 Å². The van der Waals surface area contributed by atoms with Gasteiger partial charge < -0.3 is 5.73 Å². The molecule has 0 radical (unpaired) electrons. The molecule has 1 atom stereocenters. The highest BCUT2D eigenvalue weighted by Crippen LogP contribution is 2.24. The van der Waals surface area contributed by atoms with E-state index in [4.69, 9.17) is 5.73 Å². The van der Waals surface area contributed by atoms with Gasteiger partial charge in [0.05, 0.1) is 6.04 Å². The minimum Gasteiger partial charge on any atom is -0.320 e. The first-order chi connectivity index (χ1) is 8.49. The van der Waals surface area contributed by atoms with Gasteiger partial charge in [-0.05, 0) is 35.9 Å². The molecule has 1 unspecified atom stereocenters. The van der Waals surface area contributed by atoms with E-state index < -0.39 is 29.3 Å². The third kappa shape index (κ3) is 2.36. The monoisotopic (exact) mass is 255 g/mol. The van der Waals surface area contributed by atoms with Crippen molar-refractivity contribution in [3.05, 3.63) is 70.8 Å². The van der Waals surface area contributed by atoms with Crippen molar-refractivity contribution in [1.82, 2.24) is 0 Å². The summed E-state index contributed by atoms with van der Waals surface area (Å²) in [7, 11) is 0. The number of hydrogen-bond acceptors (Lipinski definition) is 1. The molecule has 0 aliphatic carbocycles. The minimum absolute atomic E-state index is 0.110. The van der Waals surface area contributed by atoms with Crippen molar-refractivity contribution in [2.75, 3.05) is 0 Å². The molecule has 2 N–H and O–H groups in total. The highest BCUT2D eigenvalue weighted by molar-refractivity contribution is 5.33. The van der Waals surface area contributed by atoms with Crippen LogP contribution < -0.4 is 5.73 Å². The van der Waals surface area contributed by atoms with E-state index in [1.54, 1.807) is 0 Å². The first-order valence-corrected chi connectivity index (χ1v) is 5.14. The summed E-state index contributed by atoms with van der Waals surface area (Å²) in [5, 5.41) is 0. The molecule has 0 saturated heterocycles. The van der Waals surface area contributed by atoms with Gasteiger partial charge in [-0.25, -0.2) is 17.6 Å². The normalized spacial score (nSPS) is 12.5. The second kappa shape index (κ2) is 4.78. The Bertz CT molecular complexity index is 583. The van der Waals surface area contributed by atoms with E-state index in [1.165, 1.54) is 6.07 Å². The van der Waals surface area contributed by atoms with Crippen LogP contribution in [0.15, 0.2) is 36.4 Å². The van der Waals surface area contributed by atoms with Crippen LogP contribution in [-0.2, 0) is 0 Å². The molecule has 0 spiro atoms. The molecular formula is C13H9F4N. The Balaban J connectivity index is 2.44. The Labute approximate surface area is 101 Å². The van der Waals surface area contributed by atoms with Gasteiger partial charge in [0.25, 0.3) is 0 Å². The second-order valence-corrected chi connectivity index (χ2v) is 3.82. The zero-order valence-electron chi connectivity index (χ0n) is 9.13. The second-order valence-electron chi connectivity index (χ2n) is 3.82. The average molecular weight is 255 g/mol. The molecule has 0 aliphatic rings. The lowest BCUT2D eigenvalue weighted by atomic mass is 9.99. The first-order valence-electron chi connectivity index (χ1n) is 5.14. The third-order valence-electron chi connectivity index (χ3n) is 2.60. The smallest absolute Gasteiger partial charge is 0.159 e. The highest BCUT2D eigenvalue weighted by Gasteiger charge is 2.16. The maximum Gasteiger partial charge on any atom is 0.159 e. The van der Waals surface area contributed by atoms with Gasteiger partial charge in [0, 0.05) is 5.56 Å². The van der Waals surface area contributed by atoms with E-state index in [1.807, 2.05) is 0 Å². The number of hydrogen-bond donors (Lipinski definition) is 1. The zero-order chi connectivity index (χ0) is 13.3. The molecule has 1 nitrogen and oxygen atoms in total. The van der Waals surface area contributed by atoms with Crippen molar-refractivity contribution in [3.8, 4) is 0 Å². The van der Waals surface area contributed by atoms with Gasteiger partial charge in [0.15, 0.2) is 11.6 Å². The largest absolute Gasteiger partial charge is 0.320 e. The summed E-state index contributed by atoms with van der Waals surface area (Å²) in [6.45, 7) is 0. The van der Waals surface area contributed by atoms with Crippen LogP contribution in [0, 0.1) is 23.3 Å². The van der Waals surface area contributed by atoms with Crippen LogP contribution in [0.1, 0.15) is 17.2 Å². The predicted molar refractivity (Wildman–Crippen MR) is 58.7 cm³/mol. The van der Waals surface area contributed by atoms with Gasteiger partial charge >= 0.3 is 0 Å². The van der Waals surface area contributed by atoms with Crippen LogP contribution in [0.5, 0.6) is 0 Å². The SMILES string of the molecule is NC(c1ccc(F)c(F)c1)c1cc(F)ccc1F. The average Bonchev–Trinajstić information content (AvgIpc) is 2.35. The molecule has 2 rings (SSSR count). The Morgan fingerprint density at radius 1 is 0.778 bits per heavy atom. The van der Waals surface area contributed by atoms with Gasteiger partial charge in [0.1, 0.15) is 11.6 Å². The Hall–Kier alpha value is -1.88. The number of benzene rings is 2. The lowest BCUT2D eigenvalue weighted by Crippen LogP contribution is -2.14. The van der Waals surface area contributed by atoms with E-state index in [2.05, 4.69) is 0 Å². The van der Waals surface area contributed by atoms with Crippen LogP contribution in [-0.4, -0.2) is 0 Å². The molecule has 0 aromatic heterocycles. The van der Waals surface area contributed by atoms with Crippen molar-refractivity contribution in [2.45, 2.75) is 6.04 Å². The molecule has 94 valence electrons. The molecule has 0 heterocycles. The maximum atomic E-state index is 13.5. The molecule has 0 saturated carbocycles. The van der Waals surface area contributed by atoms with E-state index >= 15 is 0 Å². The van der Waals surface area contributed by atoms with Gasteiger partial charge in [-0.15, -0.1) is 0 Å². The Kier molecular flexibility index (Phi) is 3.34. The number of rotatable bonds is 2. The summed E-state index contributed by atoms with van der Waals surface area (Å²) < 4.78 is 52.3. The van der Waals surface area contributed by atoms with Crippen molar-refractivity contribution >= 4 is 0 Å². The van der Waals surface area contributed by atoms with Crippen LogP contribution in [0.4, 0.5) is 17.6 Å². The van der Waals surface area contributed by atoms with Crippen molar-refractivity contribution in [3.63, 3.8) is 0 Å². The Morgan fingerprint density at radius 2 is 1.44 bits per heavy atom. The molecule has 0 fully saturated rings. The molecule has 5 heteroatoms. The standard InChI is InChI=1S/C13H9F4N/c14-8-2-4-10(15)9(6-8)13(18)7-1-3-11(16)12(17)5-7/h1-6,13H,18H2. The zero-order valence-corrected chi connectivity index (χ0v) is 9.13. The van der Waals surface area contributed by atoms with Crippen molar-refractivity contribution in [1.29, 1.82) is 0 Å². The van der Waals surface area contributed by atoms with Gasteiger partial charge in [-0.1, -0.05) is 6.07 Å². The summed E-state index contributed by atoms with van der Waals surface area (Å²) in [5.74, 6) is -3.46. The van der Waals surface area contributed by atoms with Crippen LogP contribution in [0.25, 0.3) is 0 Å². The fraction of sp³-hybridized carbons (Fsp3) is 0.0769. The molecule has 2 aromatic carbocycles. The van der Waals surface area contributed by atoms with Gasteiger partial charge in [0.2, 0.25) is 0 Å². The number of nitrogens with two attached hydrogens (primary N) is 1. The van der Waals surface area contributed by atoms with Crippen molar-refractivity contribution in [2.24, 2.45) is 5.73 Å². The lowest BCUT2D eigenvalue weighted by Gasteiger charge is -2.13. The summed E-state index contributed by atoms with van der Waals surface area (Å²) >= 11 is 0. The van der Waals surface area contributed by atoms with E-state index in [-0.39, 0.29) is 11.1 Å². The first kappa shape index (κ1) is 12.6. The predicted octanol–water partition coefficient (Wildman–Crippen LogP) is 3.29. The Morgan fingerprint density at radius 3 is 2.11 bits per heavy atom. The summed E-state index contributed by atoms with van der Waals surface area (Å²) in [5.41, 5.74) is 5.76. The fourth-order valence-corrected chi connectivity index (χ4v) is 1.64. The van der Waals surface area contributed by atoms with E-state index in [0.29, 0.717) is 0 Å². The molecule has 0 amide bonds. The van der Waals surface area contributed by atoms with Crippen LogP contribution in [0.2, 0.25) is 0 Å². The molecular weight excluding hydrogens is 246 g/mol. The quantitative estimate of drug-likeness (QED) is 0.819. The van der Waals surface area contributed by atoms with E-state index in [9.17, 15) is 17.6 Å². The van der Waals surface area contributed by atoms with Crippen molar-refractivity contribution < 1.29 is 17.6 Å². The third-order valence-corrected chi connectivity index (χ3v) is 2.60. The summed E-state index contributed by atoms with van der Waals surface area (Å²) in [4.78, 5) is 0. The molecule has 0 bridgehead atoms. The van der Waals surface area contributed by atoms with Gasteiger partial charge in [-0.3, -0.25) is 0 Å². The fourth-order valence-electron chi connectivity index (χ4n) is 1.64. The molecule has 18 heavy (non-hydrogen) atoms. The summed E-state index contributed by atoms with van der Waals surface area (Å²) in [6, 6.07) is 4.75. The highest BCUT2D eigenvalue weighted by atomic mass is 19.2. The van der Waals surface area contributed by atoms with E-state index in [0.717, 1.165) is 30.3 Å². The minimum atomic E-state index is -1.08. The summed E-state index contributed by atoms with van der Waals surface area (Å²) in [6.07, 6.45) is 0. The molecule has 0 aliphatic heterocycles. The maximum absolute atomic E-state index is 13.5. The lowest BCUT2D eigenvalue weighted by molar-refractivity contribution is 0.505. The van der Waals surface area contributed by atoms with Crippen LogP contribution in [0.3, 0.4) is 0 Å². The van der Waals surface area contributed by atoms with Gasteiger partial charge in [-0.2, -0.15) is 0 Å². The number of halogens is 4. The topological polar surface area (TPSA) is 26.0 Å².